The number of hydrogen-bond acceptors (Lipinski definition) is 2. The standard InChI is InChI=1S/C19H18INO2/c1-12-3-5-14(6-4-12)11-17-13(2)18(22)21(19(17)23)16-9-7-15(20)8-10-16/h3-10,13,17H,11H2,1-2H3/t13-,17-/m0/s1. The molecule has 0 bridgehead atoms. The van der Waals surface area contributed by atoms with Crippen LogP contribution >= 0.6 is 22.6 Å². The molecular weight excluding hydrogens is 401 g/mol. The van der Waals surface area contributed by atoms with Crippen molar-refractivity contribution in [1.82, 2.24) is 0 Å². The van der Waals surface area contributed by atoms with Gasteiger partial charge >= 0.3 is 0 Å². The Hall–Kier alpha value is -1.69. The molecule has 2 aromatic carbocycles. The number of imide groups is 1. The van der Waals surface area contributed by atoms with E-state index in [1.807, 2.05) is 62.4 Å². The van der Waals surface area contributed by atoms with Gasteiger partial charge in [-0.05, 0) is 65.8 Å². The highest BCUT2D eigenvalue weighted by Crippen LogP contribution is 2.33. The quantitative estimate of drug-likeness (QED) is 0.558. The zero-order valence-corrected chi connectivity index (χ0v) is 15.3. The molecular formula is C19H18INO2. The Morgan fingerprint density at radius 3 is 2.17 bits per heavy atom. The summed E-state index contributed by atoms with van der Waals surface area (Å²) in [4.78, 5) is 26.7. The van der Waals surface area contributed by atoms with Crippen LogP contribution in [0.25, 0.3) is 0 Å². The Morgan fingerprint density at radius 2 is 1.57 bits per heavy atom. The molecule has 1 saturated heterocycles. The predicted molar refractivity (Wildman–Crippen MR) is 99.2 cm³/mol. The van der Waals surface area contributed by atoms with E-state index in [2.05, 4.69) is 22.6 Å². The van der Waals surface area contributed by atoms with Gasteiger partial charge in [-0.25, -0.2) is 0 Å². The number of hydrogen-bond donors (Lipinski definition) is 0. The number of benzene rings is 2. The van der Waals surface area contributed by atoms with Gasteiger partial charge < -0.3 is 0 Å². The van der Waals surface area contributed by atoms with E-state index in [-0.39, 0.29) is 23.7 Å². The highest BCUT2D eigenvalue weighted by atomic mass is 127. The smallest absolute Gasteiger partial charge is 0.238 e. The molecule has 118 valence electrons. The molecule has 23 heavy (non-hydrogen) atoms. The van der Waals surface area contributed by atoms with E-state index in [4.69, 9.17) is 0 Å². The molecule has 2 atom stereocenters. The minimum Gasteiger partial charge on any atom is -0.274 e. The van der Waals surface area contributed by atoms with Crippen LogP contribution in [0.4, 0.5) is 5.69 Å². The molecule has 1 aliphatic rings. The molecule has 0 radical (unpaired) electrons. The zero-order valence-electron chi connectivity index (χ0n) is 13.1. The molecule has 3 nitrogen and oxygen atoms in total. The van der Waals surface area contributed by atoms with Gasteiger partial charge in [0.25, 0.3) is 0 Å². The van der Waals surface area contributed by atoms with Gasteiger partial charge in [0.1, 0.15) is 0 Å². The predicted octanol–water partition coefficient (Wildman–Crippen LogP) is 3.97. The van der Waals surface area contributed by atoms with Crippen LogP contribution in [-0.2, 0) is 16.0 Å². The zero-order chi connectivity index (χ0) is 16.6. The van der Waals surface area contributed by atoms with Crippen molar-refractivity contribution in [3.8, 4) is 0 Å². The number of anilines is 1. The van der Waals surface area contributed by atoms with Gasteiger partial charge in [-0.3, -0.25) is 14.5 Å². The van der Waals surface area contributed by atoms with Crippen LogP contribution in [0.1, 0.15) is 18.1 Å². The monoisotopic (exact) mass is 419 g/mol. The highest BCUT2D eigenvalue weighted by molar-refractivity contribution is 14.1. The lowest BCUT2D eigenvalue weighted by Crippen LogP contribution is -2.31. The van der Waals surface area contributed by atoms with Crippen molar-refractivity contribution in [3.05, 3.63) is 63.2 Å². The number of rotatable bonds is 3. The summed E-state index contributed by atoms with van der Waals surface area (Å²) >= 11 is 2.21. The molecule has 3 rings (SSSR count). The first kappa shape index (κ1) is 16.2. The molecule has 0 aromatic heterocycles. The Balaban J connectivity index is 1.85. The number of aryl methyl sites for hydroxylation is 1. The van der Waals surface area contributed by atoms with Gasteiger partial charge in [-0.1, -0.05) is 36.8 Å². The third-order valence-electron chi connectivity index (χ3n) is 4.41. The molecule has 1 heterocycles. The molecule has 0 aliphatic carbocycles. The van der Waals surface area contributed by atoms with Gasteiger partial charge in [0.2, 0.25) is 11.8 Å². The van der Waals surface area contributed by atoms with Crippen LogP contribution < -0.4 is 4.90 Å². The third-order valence-corrected chi connectivity index (χ3v) is 5.13. The number of halogens is 1. The van der Waals surface area contributed by atoms with Gasteiger partial charge in [0, 0.05) is 9.49 Å². The first-order chi connectivity index (χ1) is 11.0. The van der Waals surface area contributed by atoms with Gasteiger partial charge in [0.15, 0.2) is 0 Å². The first-order valence-corrected chi connectivity index (χ1v) is 8.74. The lowest BCUT2D eigenvalue weighted by Gasteiger charge is -2.15. The second kappa shape index (κ2) is 6.43. The molecule has 0 spiro atoms. The number of carbonyl (C=O) groups excluding carboxylic acids is 2. The fourth-order valence-corrected chi connectivity index (χ4v) is 3.31. The maximum Gasteiger partial charge on any atom is 0.238 e. The summed E-state index contributed by atoms with van der Waals surface area (Å²) in [6, 6.07) is 15.6. The Morgan fingerprint density at radius 1 is 0.957 bits per heavy atom. The highest BCUT2D eigenvalue weighted by Gasteiger charge is 2.45. The molecule has 2 aromatic rings. The number of nitrogens with zero attached hydrogens (tertiary/aromatic N) is 1. The van der Waals surface area contributed by atoms with Crippen LogP contribution in [0.15, 0.2) is 48.5 Å². The van der Waals surface area contributed by atoms with Crippen molar-refractivity contribution in [2.24, 2.45) is 11.8 Å². The average Bonchev–Trinajstić information content (AvgIpc) is 2.74. The average molecular weight is 419 g/mol. The van der Waals surface area contributed by atoms with Crippen LogP contribution in [0.3, 0.4) is 0 Å². The number of amides is 2. The summed E-state index contributed by atoms with van der Waals surface area (Å²) in [6.45, 7) is 3.89. The molecule has 0 unspecified atom stereocenters. The Labute approximate surface area is 149 Å². The van der Waals surface area contributed by atoms with Crippen molar-refractivity contribution in [1.29, 1.82) is 0 Å². The lowest BCUT2D eigenvalue weighted by molar-refractivity contribution is -0.122. The fraction of sp³-hybridized carbons (Fsp3) is 0.263. The van der Waals surface area contributed by atoms with Crippen LogP contribution in [0, 0.1) is 22.3 Å². The second-order valence-corrected chi connectivity index (χ2v) is 7.32. The van der Waals surface area contributed by atoms with Gasteiger partial charge in [-0.2, -0.15) is 0 Å². The summed E-state index contributed by atoms with van der Waals surface area (Å²) in [5, 5.41) is 0. The Kier molecular flexibility index (Phi) is 4.53. The van der Waals surface area contributed by atoms with E-state index in [0.29, 0.717) is 12.1 Å². The molecule has 0 N–H and O–H groups in total. The normalized spacial score (nSPS) is 21.1. The van der Waals surface area contributed by atoms with Crippen molar-refractivity contribution < 1.29 is 9.59 Å². The molecule has 1 fully saturated rings. The molecule has 1 aliphatic heterocycles. The second-order valence-electron chi connectivity index (χ2n) is 6.07. The van der Waals surface area contributed by atoms with Crippen molar-refractivity contribution in [2.75, 3.05) is 4.90 Å². The summed E-state index contributed by atoms with van der Waals surface area (Å²) < 4.78 is 1.08. The third kappa shape index (κ3) is 3.17. The fourth-order valence-electron chi connectivity index (χ4n) is 2.95. The largest absolute Gasteiger partial charge is 0.274 e. The van der Waals surface area contributed by atoms with E-state index in [0.717, 1.165) is 9.13 Å². The summed E-state index contributed by atoms with van der Waals surface area (Å²) in [5.41, 5.74) is 2.95. The van der Waals surface area contributed by atoms with E-state index >= 15 is 0 Å². The molecule has 0 saturated carbocycles. The van der Waals surface area contributed by atoms with Gasteiger partial charge in [-0.15, -0.1) is 0 Å². The maximum atomic E-state index is 12.8. The molecule has 2 amide bonds. The van der Waals surface area contributed by atoms with Crippen LogP contribution in [-0.4, -0.2) is 11.8 Å². The summed E-state index contributed by atoms with van der Waals surface area (Å²) in [7, 11) is 0. The lowest BCUT2D eigenvalue weighted by atomic mass is 9.90. The summed E-state index contributed by atoms with van der Waals surface area (Å²) in [6.07, 6.45) is 0.604. The minimum atomic E-state index is -0.289. The van der Waals surface area contributed by atoms with Crippen LogP contribution in [0.5, 0.6) is 0 Å². The van der Waals surface area contributed by atoms with Crippen LogP contribution in [0.2, 0.25) is 0 Å². The minimum absolute atomic E-state index is 0.0933. The maximum absolute atomic E-state index is 12.8. The SMILES string of the molecule is Cc1ccc(C[C@@H]2C(=O)N(c3ccc(I)cc3)C(=O)[C@H]2C)cc1. The van der Waals surface area contributed by atoms with Crippen molar-refractivity contribution in [2.45, 2.75) is 20.3 Å². The van der Waals surface area contributed by atoms with Crippen molar-refractivity contribution in [3.63, 3.8) is 0 Å². The van der Waals surface area contributed by atoms with E-state index in [1.165, 1.54) is 10.5 Å². The van der Waals surface area contributed by atoms with E-state index < -0.39 is 0 Å². The topological polar surface area (TPSA) is 37.4 Å². The van der Waals surface area contributed by atoms with E-state index in [1.54, 1.807) is 0 Å². The van der Waals surface area contributed by atoms with Gasteiger partial charge in [0.05, 0.1) is 11.6 Å². The number of carbonyl (C=O) groups is 2. The summed E-state index contributed by atoms with van der Waals surface area (Å²) in [5.74, 6) is -0.773. The Bertz CT molecular complexity index is 737. The first-order valence-electron chi connectivity index (χ1n) is 7.66. The van der Waals surface area contributed by atoms with E-state index in [9.17, 15) is 9.59 Å². The van der Waals surface area contributed by atoms with Crippen molar-refractivity contribution >= 4 is 40.1 Å². The molecule has 4 heteroatoms.